The molecule has 2 rings (SSSR count). The van der Waals surface area contributed by atoms with E-state index in [-0.39, 0.29) is 17.2 Å². The Kier molecular flexibility index (Phi) is 5.55. The normalized spacial score (nSPS) is 11.2. The second-order valence-electron chi connectivity index (χ2n) is 5.80. The van der Waals surface area contributed by atoms with Gasteiger partial charge in [-0.25, -0.2) is 4.68 Å². The minimum Gasteiger partial charge on any atom is -0.505 e. The van der Waals surface area contributed by atoms with Crippen LogP contribution in [0.3, 0.4) is 0 Å². The maximum absolute atomic E-state index is 12.8. The third-order valence-corrected chi connectivity index (χ3v) is 3.77. The van der Waals surface area contributed by atoms with Gasteiger partial charge in [0.2, 0.25) is 0 Å². The van der Waals surface area contributed by atoms with E-state index in [9.17, 15) is 9.90 Å². The van der Waals surface area contributed by atoms with Gasteiger partial charge in [-0.15, -0.1) is 0 Å². The van der Waals surface area contributed by atoms with Crippen LogP contribution < -0.4 is 5.56 Å². The summed E-state index contributed by atoms with van der Waals surface area (Å²) in [5.74, 6) is -0.0105. The van der Waals surface area contributed by atoms with Crippen molar-refractivity contribution in [2.75, 3.05) is 13.2 Å². The monoisotopic (exact) mass is 316 g/mol. The highest BCUT2D eigenvalue weighted by Crippen LogP contribution is 2.33. The van der Waals surface area contributed by atoms with Crippen LogP contribution in [0.4, 0.5) is 0 Å². The Hall–Kier alpha value is -2.14. The summed E-state index contributed by atoms with van der Waals surface area (Å²) >= 11 is 0. The maximum Gasteiger partial charge on any atom is 0.278 e. The quantitative estimate of drug-likeness (QED) is 0.832. The van der Waals surface area contributed by atoms with Gasteiger partial charge in [0.25, 0.3) is 5.56 Å². The first-order chi connectivity index (χ1) is 11.0. The number of aryl methyl sites for hydroxylation is 1. The molecule has 5 nitrogen and oxygen atoms in total. The van der Waals surface area contributed by atoms with E-state index in [0.29, 0.717) is 31.0 Å². The summed E-state index contributed by atoms with van der Waals surface area (Å²) < 4.78 is 6.73. The second-order valence-corrected chi connectivity index (χ2v) is 5.80. The van der Waals surface area contributed by atoms with Gasteiger partial charge in [0.1, 0.15) is 5.69 Å². The van der Waals surface area contributed by atoms with Crippen molar-refractivity contribution in [1.82, 2.24) is 9.78 Å². The van der Waals surface area contributed by atoms with E-state index in [1.54, 1.807) is 0 Å². The van der Waals surface area contributed by atoms with Crippen molar-refractivity contribution in [1.29, 1.82) is 0 Å². The predicted octanol–water partition coefficient (Wildman–Crippen LogP) is 3.08. The summed E-state index contributed by atoms with van der Waals surface area (Å²) in [5.41, 5.74) is 2.24. The molecule has 0 saturated carbocycles. The van der Waals surface area contributed by atoms with Gasteiger partial charge in [-0.2, -0.15) is 5.10 Å². The Bertz CT molecular complexity index is 736. The van der Waals surface area contributed by atoms with E-state index < -0.39 is 0 Å². The van der Waals surface area contributed by atoms with Gasteiger partial charge in [-0.3, -0.25) is 4.79 Å². The lowest BCUT2D eigenvalue weighted by Crippen LogP contribution is -2.28. The second kappa shape index (κ2) is 7.42. The molecule has 1 aromatic heterocycles. The minimum absolute atomic E-state index is 0.0108. The first-order valence-electron chi connectivity index (χ1n) is 7.95. The fraction of sp³-hybridized carbons (Fsp3) is 0.444. The molecular weight excluding hydrogens is 292 g/mol. The van der Waals surface area contributed by atoms with Crippen molar-refractivity contribution in [2.45, 2.75) is 40.2 Å². The van der Waals surface area contributed by atoms with Crippen molar-refractivity contribution in [3.8, 4) is 16.9 Å². The lowest BCUT2D eigenvalue weighted by Gasteiger charge is -2.16. The van der Waals surface area contributed by atoms with Gasteiger partial charge in [-0.1, -0.05) is 38.1 Å². The molecule has 5 heteroatoms. The Balaban J connectivity index is 2.64. The largest absolute Gasteiger partial charge is 0.505 e. The minimum atomic E-state index is -0.291. The van der Waals surface area contributed by atoms with Gasteiger partial charge in [0.05, 0.1) is 18.7 Å². The summed E-state index contributed by atoms with van der Waals surface area (Å²) in [5, 5.41) is 14.9. The highest BCUT2D eigenvalue weighted by Gasteiger charge is 2.21. The number of aromatic hydroxyl groups is 1. The molecule has 0 aliphatic heterocycles. The van der Waals surface area contributed by atoms with Gasteiger partial charge >= 0.3 is 0 Å². The fourth-order valence-corrected chi connectivity index (χ4v) is 2.51. The molecule has 0 amide bonds. The van der Waals surface area contributed by atoms with Crippen LogP contribution in [0, 0.1) is 6.92 Å². The summed E-state index contributed by atoms with van der Waals surface area (Å²) in [6, 6.07) is 7.55. The van der Waals surface area contributed by atoms with Crippen LogP contribution in [0.25, 0.3) is 11.1 Å². The molecule has 23 heavy (non-hydrogen) atoms. The number of hydrogen-bond acceptors (Lipinski definition) is 4. The maximum atomic E-state index is 12.8. The lowest BCUT2D eigenvalue weighted by atomic mass is 9.98. The zero-order valence-electron chi connectivity index (χ0n) is 14.2. The zero-order valence-corrected chi connectivity index (χ0v) is 14.2. The van der Waals surface area contributed by atoms with Crippen LogP contribution >= 0.6 is 0 Å². The standard InChI is InChI=1S/C18H24N2O3/c1-5-23-11-10-20-18(22)15(14-9-7-6-8-13(14)4)17(21)16(19-20)12(2)3/h6-9,12,21H,5,10-11H2,1-4H3. The number of rotatable bonds is 6. The third kappa shape index (κ3) is 3.62. The van der Waals surface area contributed by atoms with Gasteiger partial charge in [0, 0.05) is 12.5 Å². The number of hydrogen-bond donors (Lipinski definition) is 1. The highest BCUT2D eigenvalue weighted by molar-refractivity contribution is 5.72. The molecule has 0 saturated heterocycles. The van der Waals surface area contributed by atoms with E-state index in [0.717, 1.165) is 11.1 Å². The summed E-state index contributed by atoms with van der Waals surface area (Å²) in [7, 11) is 0. The zero-order chi connectivity index (χ0) is 17.0. The molecule has 1 aromatic carbocycles. The van der Waals surface area contributed by atoms with Gasteiger partial charge in [0.15, 0.2) is 5.75 Å². The molecule has 0 unspecified atom stereocenters. The topological polar surface area (TPSA) is 64.3 Å². The number of nitrogens with zero attached hydrogens (tertiary/aromatic N) is 2. The molecular formula is C18H24N2O3. The lowest BCUT2D eigenvalue weighted by molar-refractivity contribution is 0.134. The average Bonchev–Trinajstić information content (AvgIpc) is 2.51. The van der Waals surface area contributed by atoms with E-state index in [1.807, 2.05) is 52.0 Å². The third-order valence-electron chi connectivity index (χ3n) is 3.77. The molecule has 124 valence electrons. The highest BCUT2D eigenvalue weighted by atomic mass is 16.5. The molecule has 0 bridgehead atoms. The smallest absolute Gasteiger partial charge is 0.278 e. The van der Waals surface area contributed by atoms with Crippen molar-refractivity contribution in [2.24, 2.45) is 0 Å². The molecule has 0 aliphatic rings. The van der Waals surface area contributed by atoms with Crippen molar-refractivity contribution in [3.63, 3.8) is 0 Å². The first kappa shape index (κ1) is 17.2. The molecule has 0 aliphatic carbocycles. The molecule has 2 aromatic rings. The molecule has 1 heterocycles. The summed E-state index contributed by atoms with van der Waals surface area (Å²) in [6.07, 6.45) is 0. The molecule has 0 atom stereocenters. The Morgan fingerprint density at radius 2 is 2.00 bits per heavy atom. The molecule has 0 fully saturated rings. The summed E-state index contributed by atoms with van der Waals surface area (Å²) in [6.45, 7) is 9.10. The first-order valence-corrected chi connectivity index (χ1v) is 7.95. The van der Waals surface area contributed by atoms with Gasteiger partial charge in [-0.05, 0) is 25.0 Å². The van der Waals surface area contributed by atoms with Crippen LogP contribution in [0.1, 0.15) is 37.9 Å². The molecule has 0 spiro atoms. The predicted molar refractivity (Wildman–Crippen MR) is 90.9 cm³/mol. The number of ether oxygens (including phenoxy) is 1. The van der Waals surface area contributed by atoms with Crippen molar-refractivity contribution < 1.29 is 9.84 Å². The van der Waals surface area contributed by atoms with E-state index in [4.69, 9.17) is 4.74 Å². The van der Waals surface area contributed by atoms with Crippen molar-refractivity contribution >= 4 is 0 Å². The van der Waals surface area contributed by atoms with E-state index >= 15 is 0 Å². The van der Waals surface area contributed by atoms with Crippen LogP contribution in [-0.4, -0.2) is 28.1 Å². The van der Waals surface area contributed by atoms with Crippen molar-refractivity contribution in [3.05, 3.63) is 45.9 Å². The van der Waals surface area contributed by atoms with E-state index in [1.165, 1.54) is 4.68 Å². The SMILES string of the molecule is CCOCCn1nc(C(C)C)c(O)c(-c2ccccc2C)c1=O. The Morgan fingerprint density at radius 3 is 2.61 bits per heavy atom. The Morgan fingerprint density at radius 1 is 1.30 bits per heavy atom. The average molecular weight is 316 g/mol. The molecule has 0 radical (unpaired) electrons. The Labute approximate surface area is 136 Å². The number of benzene rings is 1. The number of aromatic nitrogens is 2. The fourth-order valence-electron chi connectivity index (χ4n) is 2.51. The van der Waals surface area contributed by atoms with Crippen LogP contribution in [-0.2, 0) is 11.3 Å². The van der Waals surface area contributed by atoms with E-state index in [2.05, 4.69) is 5.10 Å². The van der Waals surface area contributed by atoms with Crippen LogP contribution in [0.2, 0.25) is 0 Å². The van der Waals surface area contributed by atoms with Gasteiger partial charge < -0.3 is 9.84 Å². The summed E-state index contributed by atoms with van der Waals surface area (Å²) in [4.78, 5) is 12.8. The molecule has 1 N–H and O–H groups in total. The van der Waals surface area contributed by atoms with Crippen LogP contribution in [0.5, 0.6) is 5.75 Å². The van der Waals surface area contributed by atoms with Crippen LogP contribution in [0.15, 0.2) is 29.1 Å².